The Labute approximate surface area is 122 Å². The van der Waals surface area contributed by atoms with Gasteiger partial charge in [-0.3, -0.25) is 4.79 Å². The number of rotatable bonds is 7. The standard InChI is InChI=1S/C13H26N2O4S/c1-11(2)9-12(13(16)19-3)10-14-20(17,18)15-7-5-4-6-8-15/h11-12,14H,4-10H2,1-3H3. The second-order valence-electron chi connectivity index (χ2n) is 5.66. The molecule has 0 aromatic rings. The number of nitrogens with zero attached hydrogens (tertiary/aromatic N) is 1. The lowest BCUT2D eigenvalue weighted by Gasteiger charge is -2.27. The number of esters is 1. The molecule has 0 radical (unpaired) electrons. The Bertz CT molecular complexity index is 403. The first kappa shape index (κ1) is 17.4. The van der Waals surface area contributed by atoms with Gasteiger partial charge in [0.2, 0.25) is 0 Å². The van der Waals surface area contributed by atoms with E-state index in [2.05, 4.69) is 4.72 Å². The van der Waals surface area contributed by atoms with Crippen molar-refractivity contribution in [2.24, 2.45) is 11.8 Å². The van der Waals surface area contributed by atoms with E-state index in [9.17, 15) is 13.2 Å². The van der Waals surface area contributed by atoms with Crippen LogP contribution in [0, 0.1) is 11.8 Å². The van der Waals surface area contributed by atoms with Crippen molar-refractivity contribution in [3.63, 3.8) is 0 Å². The Morgan fingerprint density at radius 1 is 1.25 bits per heavy atom. The average Bonchev–Trinajstić information content (AvgIpc) is 2.43. The molecule has 0 aliphatic carbocycles. The van der Waals surface area contributed by atoms with Gasteiger partial charge in [0.15, 0.2) is 0 Å². The highest BCUT2D eigenvalue weighted by Crippen LogP contribution is 2.15. The van der Waals surface area contributed by atoms with Gasteiger partial charge in [0.25, 0.3) is 10.2 Å². The Morgan fingerprint density at radius 3 is 2.35 bits per heavy atom. The normalized spacial score (nSPS) is 19.0. The van der Waals surface area contributed by atoms with E-state index in [0.29, 0.717) is 25.4 Å². The quantitative estimate of drug-likeness (QED) is 0.716. The summed E-state index contributed by atoms with van der Waals surface area (Å²) >= 11 is 0. The van der Waals surface area contributed by atoms with Crippen LogP contribution in [0.15, 0.2) is 0 Å². The number of carbonyl (C=O) groups excluding carboxylic acids is 1. The molecule has 0 amide bonds. The number of ether oxygens (including phenoxy) is 1. The van der Waals surface area contributed by atoms with Gasteiger partial charge in [-0.2, -0.15) is 12.7 Å². The summed E-state index contributed by atoms with van der Waals surface area (Å²) in [6.45, 7) is 5.21. The van der Waals surface area contributed by atoms with Crippen molar-refractivity contribution in [1.82, 2.24) is 9.03 Å². The van der Waals surface area contributed by atoms with Gasteiger partial charge in [0.1, 0.15) is 0 Å². The third-order valence-corrected chi connectivity index (χ3v) is 5.03. The zero-order valence-corrected chi connectivity index (χ0v) is 13.4. The van der Waals surface area contributed by atoms with Crippen molar-refractivity contribution >= 4 is 16.2 Å². The highest BCUT2D eigenvalue weighted by molar-refractivity contribution is 7.87. The SMILES string of the molecule is COC(=O)C(CNS(=O)(=O)N1CCCCC1)CC(C)C. The van der Waals surface area contributed by atoms with Crippen LogP contribution in [-0.2, 0) is 19.7 Å². The van der Waals surface area contributed by atoms with E-state index < -0.39 is 16.1 Å². The van der Waals surface area contributed by atoms with Gasteiger partial charge in [-0.15, -0.1) is 0 Å². The number of nitrogens with one attached hydrogen (secondary N) is 1. The summed E-state index contributed by atoms with van der Waals surface area (Å²) in [5, 5.41) is 0. The van der Waals surface area contributed by atoms with E-state index in [1.807, 2.05) is 13.8 Å². The summed E-state index contributed by atoms with van der Waals surface area (Å²) in [6, 6.07) is 0. The smallest absolute Gasteiger partial charge is 0.309 e. The molecule has 0 aromatic carbocycles. The Kier molecular flexibility index (Phi) is 6.91. The third-order valence-electron chi connectivity index (χ3n) is 3.46. The van der Waals surface area contributed by atoms with Gasteiger partial charge >= 0.3 is 5.97 Å². The molecule has 1 saturated heterocycles. The molecular weight excluding hydrogens is 280 g/mol. The predicted molar refractivity (Wildman–Crippen MR) is 77.3 cm³/mol. The second kappa shape index (κ2) is 7.95. The first-order valence-electron chi connectivity index (χ1n) is 7.19. The number of piperidine rings is 1. The van der Waals surface area contributed by atoms with E-state index in [0.717, 1.165) is 19.3 Å². The summed E-state index contributed by atoms with van der Waals surface area (Å²) in [7, 11) is -2.15. The number of carbonyl (C=O) groups is 1. The van der Waals surface area contributed by atoms with E-state index in [4.69, 9.17) is 4.74 Å². The molecule has 1 fully saturated rings. The van der Waals surface area contributed by atoms with Crippen molar-refractivity contribution in [2.45, 2.75) is 39.5 Å². The third kappa shape index (κ3) is 5.38. The first-order chi connectivity index (χ1) is 9.36. The van der Waals surface area contributed by atoms with Gasteiger partial charge in [-0.1, -0.05) is 20.3 Å². The Morgan fingerprint density at radius 2 is 1.85 bits per heavy atom. The minimum atomic E-state index is -3.48. The lowest BCUT2D eigenvalue weighted by molar-refractivity contribution is -0.145. The van der Waals surface area contributed by atoms with E-state index in [1.165, 1.54) is 11.4 Å². The zero-order chi connectivity index (χ0) is 15.2. The molecule has 1 heterocycles. The minimum absolute atomic E-state index is 0.101. The molecule has 1 aliphatic rings. The van der Waals surface area contributed by atoms with Crippen LogP contribution < -0.4 is 4.72 Å². The lowest BCUT2D eigenvalue weighted by atomic mass is 9.97. The molecule has 0 bridgehead atoms. The molecule has 1 N–H and O–H groups in total. The lowest BCUT2D eigenvalue weighted by Crippen LogP contribution is -2.45. The summed E-state index contributed by atoms with van der Waals surface area (Å²) < 4.78 is 33.0. The molecule has 0 saturated carbocycles. The molecule has 1 atom stereocenters. The molecule has 6 nitrogen and oxygen atoms in total. The molecule has 1 unspecified atom stereocenters. The average molecular weight is 306 g/mol. The Hall–Kier alpha value is -0.660. The fraction of sp³-hybridized carbons (Fsp3) is 0.923. The molecule has 0 aromatic heterocycles. The molecule has 118 valence electrons. The van der Waals surface area contributed by atoms with Crippen LogP contribution in [0.4, 0.5) is 0 Å². The fourth-order valence-corrected chi connectivity index (χ4v) is 3.73. The first-order valence-corrected chi connectivity index (χ1v) is 8.63. The van der Waals surface area contributed by atoms with E-state index in [-0.39, 0.29) is 12.5 Å². The fourth-order valence-electron chi connectivity index (χ4n) is 2.40. The molecule has 20 heavy (non-hydrogen) atoms. The maximum atomic E-state index is 12.1. The van der Waals surface area contributed by atoms with Gasteiger partial charge in [-0.25, -0.2) is 4.72 Å². The van der Waals surface area contributed by atoms with Crippen molar-refractivity contribution in [3.8, 4) is 0 Å². The van der Waals surface area contributed by atoms with Crippen molar-refractivity contribution in [1.29, 1.82) is 0 Å². The van der Waals surface area contributed by atoms with Crippen molar-refractivity contribution in [3.05, 3.63) is 0 Å². The predicted octanol–water partition coefficient (Wildman–Crippen LogP) is 1.14. The van der Waals surface area contributed by atoms with Crippen LogP contribution in [0.1, 0.15) is 39.5 Å². The van der Waals surface area contributed by atoms with Gasteiger partial charge in [0.05, 0.1) is 13.0 Å². The van der Waals surface area contributed by atoms with Crippen LogP contribution in [0.2, 0.25) is 0 Å². The summed E-state index contributed by atoms with van der Waals surface area (Å²) in [4.78, 5) is 11.7. The van der Waals surface area contributed by atoms with Gasteiger partial charge in [-0.05, 0) is 25.2 Å². The van der Waals surface area contributed by atoms with Crippen LogP contribution in [0.25, 0.3) is 0 Å². The van der Waals surface area contributed by atoms with Gasteiger partial charge < -0.3 is 4.74 Å². The Balaban J connectivity index is 2.58. The van der Waals surface area contributed by atoms with Crippen LogP contribution in [0.3, 0.4) is 0 Å². The maximum absolute atomic E-state index is 12.1. The molecule has 0 spiro atoms. The maximum Gasteiger partial charge on any atom is 0.309 e. The van der Waals surface area contributed by atoms with Gasteiger partial charge in [0, 0.05) is 19.6 Å². The van der Waals surface area contributed by atoms with Crippen LogP contribution in [-0.4, -0.2) is 45.4 Å². The topological polar surface area (TPSA) is 75.7 Å². The summed E-state index contributed by atoms with van der Waals surface area (Å²) in [6.07, 6.45) is 3.47. The van der Waals surface area contributed by atoms with Crippen molar-refractivity contribution < 1.29 is 17.9 Å². The summed E-state index contributed by atoms with van der Waals surface area (Å²) in [5.74, 6) is -0.488. The number of hydrogen-bond acceptors (Lipinski definition) is 4. The molecular formula is C13H26N2O4S. The summed E-state index contributed by atoms with van der Waals surface area (Å²) in [5.41, 5.74) is 0. The second-order valence-corrected chi connectivity index (χ2v) is 7.42. The van der Waals surface area contributed by atoms with Crippen LogP contribution in [0.5, 0.6) is 0 Å². The molecule has 7 heteroatoms. The van der Waals surface area contributed by atoms with E-state index in [1.54, 1.807) is 0 Å². The molecule has 1 rings (SSSR count). The molecule has 1 aliphatic heterocycles. The van der Waals surface area contributed by atoms with Crippen LogP contribution >= 0.6 is 0 Å². The number of hydrogen-bond donors (Lipinski definition) is 1. The zero-order valence-electron chi connectivity index (χ0n) is 12.6. The van der Waals surface area contributed by atoms with Crippen molar-refractivity contribution in [2.75, 3.05) is 26.7 Å². The largest absolute Gasteiger partial charge is 0.469 e. The number of methoxy groups -OCH3 is 1. The highest BCUT2D eigenvalue weighted by Gasteiger charge is 2.27. The minimum Gasteiger partial charge on any atom is -0.469 e. The van der Waals surface area contributed by atoms with E-state index >= 15 is 0 Å². The monoisotopic (exact) mass is 306 g/mol. The highest BCUT2D eigenvalue weighted by atomic mass is 32.2.